The first-order valence-corrected chi connectivity index (χ1v) is 9.92. The fraction of sp³-hybridized carbons (Fsp3) is 0.190. The number of carbonyl (C=O) groups is 3. The van der Waals surface area contributed by atoms with Gasteiger partial charge in [-0.3, -0.25) is 9.59 Å². The number of benzene rings is 2. The minimum Gasteiger partial charge on any atom is -0.443 e. The molecular formula is C21H17ClINO4. The molecule has 0 radical (unpaired) electrons. The summed E-state index contributed by atoms with van der Waals surface area (Å²) in [7, 11) is 0. The van der Waals surface area contributed by atoms with Crippen molar-refractivity contribution in [3.63, 3.8) is 0 Å². The zero-order chi connectivity index (χ0) is 20.6. The number of halogens is 2. The van der Waals surface area contributed by atoms with E-state index in [2.05, 4.69) is 22.6 Å². The van der Waals surface area contributed by atoms with Gasteiger partial charge in [0.15, 0.2) is 0 Å². The number of Topliss-reactive ketones (excluding diaryl/α,β-unsaturated/α-hetero) is 2. The van der Waals surface area contributed by atoms with Gasteiger partial charge in [-0.25, -0.2) is 9.69 Å². The molecule has 0 aliphatic heterocycles. The summed E-state index contributed by atoms with van der Waals surface area (Å²) in [5.41, 5.74) is -0.214. The molecule has 0 bridgehead atoms. The van der Waals surface area contributed by atoms with Crippen molar-refractivity contribution >= 4 is 57.5 Å². The van der Waals surface area contributed by atoms with Gasteiger partial charge < -0.3 is 4.74 Å². The van der Waals surface area contributed by atoms with Crippen LogP contribution >= 0.6 is 34.2 Å². The minimum atomic E-state index is -0.800. The molecule has 0 saturated carbocycles. The maximum Gasteiger partial charge on any atom is 0.419 e. The lowest BCUT2D eigenvalue weighted by Crippen LogP contribution is -2.41. The second-order valence-electron chi connectivity index (χ2n) is 7.16. The third-order valence-corrected chi connectivity index (χ3v) is 4.99. The SMILES string of the molecule is CC(C)(C)OC(=O)N(C1=C(Cl)C(=O)c2ccccc2C1=O)c1ccc(I)cc1. The summed E-state index contributed by atoms with van der Waals surface area (Å²) in [6.45, 7) is 5.16. The number of nitrogens with zero attached hydrogens (tertiary/aromatic N) is 1. The van der Waals surface area contributed by atoms with Gasteiger partial charge >= 0.3 is 6.09 Å². The Kier molecular flexibility index (Phi) is 5.63. The highest BCUT2D eigenvalue weighted by Crippen LogP contribution is 2.34. The molecule has 0 spiro atoms. The van der Waals surface area contributed by atoms with Crippen LogP contribution in [0.25, 0.3) is 0 Å². The second kappa shape index (κ2) is 7.67. The molecule has 1 aliphatic rings. The third-order valence-electron chi connectivity index (χ3n) is 3.92. The van der Waals surface area contributed by atoms with E-state index in [9.17, 15) is 14.4 Å². The molecule has 0 fully saturated rings. The lowest BCUT2D eigenvalue weighted by atomic mass is 9.91. The number of anilines is 1. The number of amides is 1. The van der Waals surface area contributed by atoms with Crippen molar-refractivity contribution in [2.24, 2.45) is 0 Å². The van der Waals surface area contributed by atoms with Crippen LogP contribution in [-0.4, -0.2) is 23.3 Å². The summed E-state index contributed by atoms with van der Waals surface area (Å²) in [5.74, 6) is -1.02. The molecular weight excluding hydrogens is 493 g/mol. The van der Waals surface area contributed by atoms with Crippen LogP contribution in [-0.2, 0) is 4.74 Å². The molecule has 0 atom stereocenters. The number of rotatable bonds is 2. The van der Waals surface area contributed by atoms with Crippen LogP contribution in [0.5, 0.6) is 0 Å². The van der Waals surface area contributed by atoms with Gasteiger partial charge in [0.05, 0.1) is 5.69 Å². The third kappa shape index (κ3) is 3.98. The van der Waals surface area contributed by atoms with E-state index < -0.39 is 23.3 Å². The first-order chi connectivity index (χ1) is 13.1. The Labute approximate surface area is 181 Å². The maximum atomic E-state index is 13.2. The number of allylic oxidation sites excluding steroid dienone is 2. The van der Waals surface area contributed by atoms with Gasteiger partial charge in [0, 0.05) is 14.7 Å². The lowest BCUT2D eigenvalue weighted by molar-refractivity contribution is 0.0586. The summed E-state index contributed by atoms with van der Waals surface area (Å²) < 4.78 is 6.43. The van der Waals surface area contributed by atoms with E-state index in [4.69, 9.17) is 16.3 Å². The summed E-state index contributed by atoms with van der Waals surface area (Å²) in [6.07, 6.45) is -0.789. The van der Waals surface area contributed by atoms with Crippen LogP contribution in [0.4, 0.5) is 10.5 Å². The van der Waals surface area contributed by atoms with E-state index in [1.807, 2.05) is 0 Å². The molecule has 1 aliphatic carbocycles. The van der Waals surface area contributed by atoms with E-state index in [0.717, 1.165) is 8.47 Å². The average molecular weight is 510 g/mol. The second-order valence-corrected chi connectivity index (χ2v) is 8.78. The predicted octanol–water partition coefficient (Wildman–Crippen LogP) is 5.56. The van der Waals surface area contributed by atoms with Crippen molar-refractivity contribution in [1.29, 1.82) is 0 Å². The summed E-state index contributed by atoms with van der Waals surface area (Å²) in [4.78, 5) is 40.0. The van der Waals surface area contributed by atoms with E-state index >= 15 is 0 Å². The van der Waals surface area contributed by atoms with Gasteiger partial charge in [0.1, 0.15) is 16.3 Å². The molecule has 0 unspecified atom stereocenters. The molecule has 2 aromatic carbocycles. The first kappa shape index (κ1) is 20.5. The maximum absolute atomic E-state index is 13.2. The van der Waals surface area contributed by atoms with Gasteiger partial charge in [-0.05, 0) is 67.6 Å². The Hall–Kier alpha value is -2.19. The van der Waals surface area contributed by atoms with E-state index in [1.165, 1.54) is 6.07 Å². The van der Waals surface area contributed by atoms with Crippen molar-refractivity contribution in [3.05, 3.63) is 74.0 Å². The van der Waals surface area contributed by atoms with Crippen molar-refractivity contribution in [2.45, 2.75) is 26.4 Å². The van der Waals surface area contributed by atoms with Crippen molar-refractivity contribution < 1.29 is 19.1 Å². The molecule has 3 rings (SSSR count). The molecule has 144 valence electrons. The quantitative estimate of drug-likeness (QED) is 0.497. The van der Waals surface area contributed by atoms with Gasteiger partial charge in [0.25, 0.3) is 0 Å². The number of ether oxygens (including phenoxy) is 1. The Morgan fingerprint density at radius 1 is 0.964 bits per heavy atom. The largest absolute Gasteiger partial charge is 0.443 e. The lowest BCUT2D eigenvalue weighted by Gasteiger charge is -2.30. The normalized spacial score (nSPS) is 14.0. The van der Waals surface area contributed by atoms with Crippen LogP contribution in [0.3, 0.4) is 0 Å². The molecule has 0 aromatic heterocycles. The molecule has 1 amide bonds. The van der Waals surface area contributed by atoms with E-state index in [0.29, 0.717) is 5.69 Å². The topological polar surface area (TPSA) is 63.7 Å². The smallest absolute Gasteiger partial charge is 0.419 e. The van der Waals surface area contributed by atoms with Gasteiger partial charge in [0.2, 0.25) is 11.6 Å². The molecule has 7 heteroatoms. The van der Waals surface area contributed by atoms with Crippen molar-refractivity contribution in [1.82, 2.24) is 0 Å². The Morgan fingerprint density at radius 2 is 1.50 bits per heavy atom. The number of fused-ring (bicyclic) bond motifs is 1. The van der Waals surface area contributed by atoms with Gasteiger partial charge in [-0.1, -0.05) is 35.9 Å². The number of hydrogen-bond donors (Lipinski definition) is 0. The molecule has 2 aromatic rings. The summed E-state index contributed by atoms with van der Waals surface area (Å²) in [5, 5.41) is -0.312. The molecule has 0 saturated heterocycles. The van der Waals surface area contributed by atoms with Crippen LogP contribution in [0.2, 0.25) is 0 Å². The Balaban J connectivity index is 2.18. The van der Waals surface area contributed by atoms with Crippen molar-refractivity contribution in [2.75, 3.05) is 4.90 Å². The molecule has 0 N–H and O–H groups in total. The predicted molar refractivity (Wildman–Crippen MR) is 116 cm³/mol. The standard InChI is InChI=1S/C21H17ClINO4/c1-21(2,3)28-20(27)24(13-10-8-12(23)9-11-13)17-16(22)18(25)14-6-4-5-7-15(14)19(17)26/h4-11H,1-3H3. The zero-order valence-electron chi connectivity index (χ0n) is 15.5. The molecule has 5 nitrogen and oxygen atoms in total. The van der Waals surface area contributed by atoms with Gasteiger partial charge in [-0.2, -0.15) is 0 Å². The Bertz CT molecular complexity index is 1010. The van der Waals surface area contributed by atoms with Crippen molar-refractivity contribution in [3.8, 4) is 0 Å². The van der Waals surface area contributed by atoms with E-state index in [-0.39, 0.29) is 21.9 Å². The molecule has 28 heavy (non-hydrogen) atoms. The highest BCUT2D eigenvalue weighted by atomic mass is 127. The van der Waals surface area contributed by atoms with Crippen LogP contribution in [0, 0.1) is 3.57 Å². The fourth-order valence-corrected chi connectivity index (χ4v) is 3.39. The summed E-state index contributed by atoms with van der Waals surface area (Å²) in [6, 6.07) is 13.3. The van der Waals surface area contributed by atoms with E-state index in [1.54, 1.807) is 63.2 Å². The van der Waals surface area contributed by atoms with Crippen LogP contribution in [0.1, 0.15) is 41.5 Å². The number of ketones is 2. The van der Waals surface area contributed by atoms with Gasteiger partial charge in [-0.15, -0.1) is 0 Å². The zero-order valence-corrected chi connectivity index (χ0v) is 18.4. The number of carbonyl (C=O) groups excluding carboxylic acids is 3. The average Bonchev–Trinajstić information content (AvgIpc) is 2.63. The first-order valence-electron chi connectivity index (χ1n) is 8.47. The number of hydrogen-bond acceptors (Lipinski definition) is 4. The molecule has 0 heterocycles. The minimum absolute atomic E-state index is 0.200. The highest BCUT2D eigenvalue weighted by molar-refractivity contribution is 14.1. The monoisotopic (exact) mass is 509 g/mol. The highest BCUT2D eigenvalue weighted by Gasteiger charge is 2.38. The van der Waals surface area contributed by atoms with Crippen LogP contribution < -0.4 is 4.90 Å². The summed E-state index contributed by atoms with van der Waals surface area (Å²) >= 11 is 8.44. The van der Waals surface area contributed by atoms with Crippen LogP contribution in [0.15, 0.2) is 59.3 Å². The Morgan fingerprint density at radius 3 is 2.04 bits per heavy atom. The fourth-order valence-electron chi connectivity index (χ4n) is 2.76.